The van der Waals surface area contributed by atoms with E-state index in [0.29, 0.717) is 11.8 Å². The fourth-order valence-electron chi connectivity index (χ4n) is 1.56. The quantitative estimate of drug-likeness (QED) is 0.857. The van der Waals surface area contributed by atoms with Gasteiger partial charge in [0.1, 0.15) is 0 Å². The molecule has 4 nitrogen and oxygen atoms in total. The highest BCUT2D eigenvalue weighted by atomic mass is 16.5. The molecule has 84 valence electrons. The fourth-order valence-corrected chi connectivity index (χ4v) is 1.56. The lowest BCUT2D eigenvalue weighted by Gasteiger charge is -2.20. The SMILES string of the molecule is CNc1nc(C(C)(C)c2ccccc2)no1. The first-order valence-electron chi connectivity index (χ1n) is 5.22. The zero-order valence-electron chi connectivity index (χ0n) is 9.69. The molecule has 4 heteroatoms. The van der Waals surface area contributed by atoms with Gasteiger partial charge in [-0.1, -0.05) is 35.5 Å². The van der Waals surface area contributed by atoms with E-state index in [1.807, 2.05) is 18.2 Å². The van der Waals surface area contributed by atoms with Gasteiger partial charge in [-0.05, 0) is 19.4 Å². The Bertz CT molecular complexity index is 462. The summed E-state index contributed by atoms with van der Waals surface area (Å²) in [6.07, 6.45) is 0. The van der Waals surface area contributed by atoms with Gasteiger partial charge in [-0.25, -0.2) is 0 Å². The third kappa shape index (κ3) is 1.78. The van der Waals surface area contributed by atoms with E-state index < -0.39 is 0 Å². The first-order chi connectivity index (χ1) is 7.64. The molecule has 2 rings (SSSR count). The molecule has 0 saturated heterocycles. The van der Waals surface area contributed by atoms with Crippen molar-refractivity contribution in [1.82, 2.24) is 10.1 Å². The van der Waals surface area contributed by atoms with Gasteiger partial charge in [-0.15, -0.1) is 0 Å². The number of hydrogen-bond acceptors (Lipinski definition) is 4. The van der Waals surface area contributed by atoms with Crippen molar-refractivity contribution in [2.24, 2.45) is 0 Å². The topological polar surface area (TPSA) is 51.0 Å². The van der Waals surface area contributed by atoms with Crippen LogP contribution in [0.2, 0.25) is 0 Å². The lowest BCUT2D eigenvalue weighted by atomic mass is 9.84. The molecular weight excluding hydrogens is 202 g/mol. The highest BCUT2D eigenvalue weighted by Gasteiger charge is 2.28. The standard InChI is InChI=1S/C12H15N3O/c1-12(2,9-7-5-4-6-8-9)10-14-11(13-3)16-15-10/h4-8H,1-3H3,(H,13,14,15). The van der Waals surface area contributed by atoms with Gasteiger partial charge in [0.25, 0.3) is 0 Å². The summed E-state index contributed by atoms with van der Waals surface area (Å²) in [6.45, 7) is 4.15. The Morgan fingerprint density at radius 1 is 1.19 bits per heavy atom. The Labute approximate surface area is 94.7 Å². The minimum absolute atomic E-state index is 0.250. The molecule has 0 bridgehead atoms. The fraction of sp³-hybridized carbons (Fsp3) is 0.333. The summed E-state index contributed by atoms with van der Waals surface area (Å²) in [5.74, 6) is 0.683. The van der Waals surface area contributed by atoms with Crippen molar-refractivity contribution in [3.05, 3.63) is 41.7 Å². The zero-order valence-corrected chi connectivity index (χ0v) is 9.69. The molecule has 0 saturated carbocycles. The number of anilines is 1. The van der Waals surface area contributed by atoms with Crippen LogP contribution >= 0.6 is 0 Å². The summed E-state index contributed by atoms with van der Waals surface area (Å²) in [7, 11) is 1.76. The molecule has 1 aromatic heterocycles. The lowest BCUT2D eigenvalue weighted by molar-refractivity contribution is 0.409. The molecule has 0 aliphatic carbocycles. The van der Waals surface area contributed by atoms with Gasteiger partial charge in [0.15, 0.2) is 5.82 Å². The first-order valence-corrected chi connectivity index (χ1v) is 5.22. The third-order valence-corrected chi connectivity index (χ3v) is 2.69. The van der Waals surface area contributed by atoms with E-state index in [1.165, 1.54) is 5.56 Å². The zero-order chi connectivity index (χ0) is 11.6. The minimum atomic E-state index is -0.250. The molecular formula is C12H15N3O. The van der Waals surface area contributed by atoms with Crippen LogP contribution in [0.5, 0.6) is 0 Å². The monoisotopic (exact) mass is 217 g/mol. The van der Waals surface area contributed by atoms with Crippen LogP contribution in [0.4, 0.5) is 6.01 Å². The molecule has 0 aliphatic rings. The molecule has 16 heavy (non-hydrogen) atoms. The first kappa shape index (κ1) is 10.7. The van der Waals surface area contributed by atoms with Crippen LogP contribution in [-0.2, 0) is 5.41 Å². The largest absolute Gasteiger partial charge is 0.341 e. The summed E-state index contributed by atoms with van der Waals surface area (Å²) < 4.78 is 5.05. The summed E-state index contributed by atoms with van der Waals surface area (Å²) in [5, 5.41) is 6.82. The van der Waals surface area contributed by atoms with Gasteiger partial charge in [-0.2, -0.15) is 4.98 Å². The Hall–Kier alpha value is -1.84. The summed E-state index contributed by atoms with van der Waals surface area (Å²) >= 11 is 0. The van der Waals surface area contributed by atoms with E-state index >= 15 is 0 Å². The molecule has 1 N–H and O–H groups in total. The Morgan fingerprint density at radius 3 is 2.44 bits per heavy atom. The van der Waals surface area contributed by atoms with Gasteiger partial charge in [0.2, 0.25) is 0 Å². The molecule has 0 amide bonds. The van der Waals surface area contributed by atoms with E-state index in [4.69, 9.17) is 4.52 Å². The van der Waals surface area contributed by atoms with Gasteiger partial charge in [0.05, 0.1) is 5.41 Å². The highest BCUT2D eigenvalue weighted by Crippen LogP contribution is 2.29. The Balaban J connectivity index is 2.38. The molecule has 0 radical (unpaired) electrons. The second-order valence-electron chi connectivity index (χ2n) is 4.16. The summed E-state index contributed by atoms with van der Waals surface area (Å²) in [5.41, 5.74) is 0.915. The smallest absolute Gasteiger partial charge is 0.321 e. The summed E-state index contributed by atoms with van der Waals surface area (Å²) in [4.78, 5) is 4.29. The van der Waals surface area contributed by atoms with Crippen molar-refractivity contribution in [2.75, 3.05) is 12.4 Å². The number of aromatic nitrogens is 2. The van der Waals surface area contributed by atoms with Crippen LogP contribution in [0.25, 0.3) is 0 Å². The maximum Gasteiger partial charge on any atom is 0.321 e. The van der Waals surface area contributed by atoms with E-state index in [9.17, 15) is 0 Å². The highest BCUT2D eigenvalue weighted by molar-refractivity contribution is 5.32. The summed E-state index contributed by atoms with van der Waals surface area (Å²) in [6, 6.07) is 10.6. The van der Waals surface area contributed by atoms with Crippen LogP contribution in [0.1, 0.15) is 25.2 Å². The number of nitrogens with zero attached hydrogens (tertiary/aromatic N) is 2. The van der Waals surface area contributed by atoms with E-state index in [1.54, 1.807) is 7.05 Å². The third-order valence-electron chi connectivity index (χ3n) is 2.69. The lowest BCUT2D eigenvalue weighted by Crippen LogP contribution is -2.20. The molecule has 0 spiro atoms. The number of hydrogen-bond donors (Lipinski definition) is 1. The molecule has 2 aromatic rings. The van der Waals surface area contributed by atoms with Crippen LogP contribution in [0, 0.1) is 0 Å². The number of benzene rings is 1. The molecule has 0 fully saturated rings. The average Bonchev–Trinajstić information content (AvgIpc) is 2.79. The predicted molar refractivity (Wildman–Crippen MR) is 62.4 cm³/mol. The van der Waals surface area contributed by atoms with Crippen molar-refractivity contribution in [3.63, 3.8) is 0 Å². The minimum Gasteiger partial charge on any atom is -0.341 e. The second-order valence-corrected chi connectivity index (χ2v) is 4.16. The van der Waals surface area contributed by atoms with Crippen molar-refractivity contribution in [1.29, 1.82) is 0 Å². The Kier molecular flexibility index (Phi) is 2.64. The van der Waals surface area contributed by atoms with Crippen LogP contribution in [0.3, 0.4) is 0 Å². The van der Waals surface area contributed by atoms with E-state index in [2.05, 4.69) is 41.4 Å². The van der Waals surface area contributed by atoms with Crippen LogP contribution in [-0.4, -0.2) is 17.2 Å². The predicted octanol–water partition coefficient (Wildman–Crippen LogP) is 2.44. The Morgan fingerprint density at radius 2 is 1.88 bits per heavy atom. The van der Waals surface area contributed by atoms with Gasteiger partial charge >= 0.3 is 6.01 Å². The number of rotatable bonds is 3. The van der Waals surface area contributed by atoms with Crippen LogP contribution < -0.4 is 5.32 Å². The van der Waals surface area contributed by atoms with Crippen molar-refractivity contribution >= 4 is 6.01 Å². The van der Waals surface area contributed by atoms with Crippen molar-refractivity contribution < 1.29 is 4.52 Å². The molecule has 1 heterocycles. The van der Waals surface area contributed by atoms with Gasteiger partial charge in [0, 0.05) is 7.05 Å². The van der Waals surface area contributed by atoms with Gasteiger partial charge in [-0.3, -0.25) is 0 Å². The van der Waals surface area contributed by atoms with E-state index in [-0.39, 0.29) is 5.41 Å². The van der Waals surface area contributed by atoms with E-state index in [0.717, 1.165) is 0 Å². The van der Waals surface area contributed by atoms with Crippen LogP contribution in [0.15, 0.2) is 34.9 Å². The van der Waals surface area contributed by atoms with Crippen molar-refractivity contribution in [2.45, 2.75) is 19.3 Å². The van der Waals surface area contributed by atoms with Gasteiger partial charge < -0.3 is 9.84 Å². The maximum atomic E-state index is 5.05. The number of nitrogens with one attached hydrogen (secondary N) is 1. The average molecular weight is 217 g/mol. The molecule has 1 aromatic carbocycles. The van der Waals surface area contributed by atoms with Crippen molar-refractivity contribution in [3.8, 4) is 0 Å². The molecule has 0 unspecified atom stereocenters. The second kappa shape index (κ2) is 3.96. The molecule has 0 aliphatic heterocycles. The molecule has 0 atom stereocenters. The maximum absolute atomic E-state index is 5.05. The normalized spacial score (nSPS) is 11.4.